The van der Waals surface area contributed by atoms with Crippen LogP contribution in [0, 0.1) is 11.6 Å². The molecule has 0 atom stereocenters. The molecule has 0 radical (unpaired) electrons. The predicted octanol–water partition coefficient (Wildman–Crippen LogP) is 2.59. The topological polar surface area (TPSA) is 45.5 Å². The Morgan fingerprint density at radius 3 is 2.48 bits per heavy atom. The molecule has 0 saturated carbocycles. The minimum absolute atomic E-state index is 0.136. The molecule has 0 amide bonds. The van der Waals surface area contributed by atoms with Crippen LogP contribution in [0.25, 0.3) is 16.4 Å². The van der Waals surface area contributed by atoms with E-state index in [0.29, 0.717) is 32.2 Å². The van der Waals surface area contributed by atoms with Crippen molar-refractivity contribution in [1.82, 2.24) is 19.9 Å². The van der Waals surface area contributed by atoms with Gasteiger partial charge in [0.15, 0.2) is 11.6 Å². The molecule has 1 saturated heterocycles. The second-order valence-corrected chi connectivity index (χ2v) is 5.72. The van der Waals surface area contributed by atoms with Gasteiger partial charge in [0.05, 0.1) is 17.3 Å². The summed E-state index contributed by atoms with van der Waals surface area (Å²) in [5, 5.41) is 7.10. The van der Waals surface area contributed by atoms with Gasteiger partial charge in [-0.3, -0.25) is 0 Å². The molecular formula is C15H12F5N5. The van der Waals surface area contributed by atoms with Crippen LogP contribution in [0.2, 0.25) is 0 Å². The maximum Gasteiger partial charge on any atom is 0.419 e. The summed E-state index contributed by atoms with van der Waals surface area (Å²) >= 11 is 0. The van der Waals surface area contributed by atoms with Crippen molar-refractivity contribution >= 4 is 22.4 Å². The Morgan fingerprint density at radius 2 is 1.80 bits per heavy atom. The fourth-order valence-electron chi connectivity index (χ4n) is 3.01. The molecule has 3 aromatic rings. The minimum Gasteiger partial charge on any atom is -0.338 e. The van der Waals surface area contributed by atoms with Gasteiger partial charge in [0.2, 0.25) is 5.95 Å². The van der Waals surface area contributed by atoms with Gasteiger partial charge >= 0.3 is 6.18 Å². The highest BCUT2D eigenvalue weighted by atomic mass is 19.4. The van der Waals surface area contributed by atoms with Gasteiger partial charge in [0.25, 0.3) is 0 Å². The highest BCUT2D eigenvalue weighted by Crippen LogP contribution is 2.37. The van der Waals surface area contributed by atoms with Crippen LogP contribution in [0.1, 0.15) is 5.56 Å². The van der Waals surface area contributed by atoms with Crippen molar-refractivity contribution in [3.8, 4) is 0 Å². The summed E-state index contributed by atoms with van der Waals surface area (Å²) in [4.78, 5) is 5.92. The Bertz CT molecular complexity index is 958. The third kappa shape index (κ3) is 2.48. The van der Waals surface area contributed by atoms with Crippen molar-refractivity contribution < 1.29 is 22.0 Å². The van der Waals surface area contributed by atoms with Gasteiger partial charge in [-0.05, 0) is 12.1 Å². The van der Waals surface area contributed by atoms with E-state index in [0.717, 1.165) is 0 Å². The molecule has 1 fully saturated rings. The third-order valence-corrected chi connectivity index (χ3v) is 4.21. The normalized spacial score (nSPS) is 16.1. The first-order chi connectivity index (χ1) is 11.9. The average Bonchev–Trinajstić information content (AvgIpc) is 3.07. The van der Waals surface area contributed by atoms with Gasteiger partial charge in [-0.1, -0.05) is 0 Å². The largest absolute Gasteiger partial charge is 0.419 e. The molecule has 0 bridgehead atoms. The number of hydrogen-bond acceptors (Lipinski definition) is 4. The first-order valence-corrected chi connectivity index (χ1v) is 7.56. The summed E-state index contributed by atoms with van der Waals surface area (Å²) in [7, 11) is 0. The second-order valence-electron chi connectivity index (χ2n) is 5.72. The molecule has 0 spiro atoms. The fourth-order valence-corrected chi connectivity index (χ4v) is 3.01. The predicted molar refractivity (Wildman–Crippen MR) is 80.5 cm³/mol. The summed E-state index contributed by atoms with van der Waals surface area (Å²) in [5.74, 6) is -3.28. The number of nitrogens with one attached hydrogen (secondary N) is 1. The number of fused-ring (bicyclic) bond motifs is 3. The first kappa shape index (κ1) is 16.0. The number of benzene rings is 1. The molecule has 25 heavy (non-hydrogen) atoms. The van der Waals surface area contributed by atoms with Crippen LogP contribution >= 0.6 is 0 Å². The van der Waals surface area contributed by atoms with Gasteiger partial charge < -0.3 is 10.2 Å². The zero-order valence-corrected chi connectivity index (χ0v) is 12.7. The molecule has 0 unspecified atom stereocenters. The van der Waals surface area contributed by atoms with Crippen LogP contribution in [0.5, 0.6) is 0 Å². The van der Waals surface area contributed by atoms with Gasteiger partial charge in [-0.2, -0.15) is 22.8 Å². The highest BCUT2D eigenvalue weighted by Gasteiger charge is 2.37. The maximum absolute atomic E-state index is 14.4. The van der Waals surface area contributed by atoms with E-state index in [2.05, 4.69) is 15.4 Å². The van der Waals surface area contributed by atoms with Crippen molar-refractivity contribution in [2.75, 3.05) is 31.1 Å². The van der Waals surface area contributed by atoms with E-state index in [-0.39, 0.29) is 16.9 Å². The molecule has 132 valence electrons. The van der Waals surface area contributed by atoms with Crippen molar-refractivity contribution in [3.05, 3.63) is 35.5 Å². The van der Waals surface area contributed by atoms with Crippen LogP contribution in [0.3, 0.4) is 0 Å². The van der Waals surface area contributed by atoms with Crippen LogP contribution < -0.4 is 10.2 Å². The van der Waals surface area contributed by atoms with Gasteiger partial charge in [0, 0.05) is 31.6 Å². The van der Waals surface area contributed by atoms with Crippen molar-refractivity contribution in [2.45, 2.75) is 6.18 Å². The third-order valence-electron chi connectivity index (χ3n) is 4.21. The molecule has 1 aliphatic rings. The van der Waals surface area contributed by atoms with Crippen LogP contribution in [0.15, 0.2) is 18.3 Å². The summed E-state index contributed by atoms with van der Waals surface area (Å²) in [6.45, 7) is 2.48. The summed E-state index contributed by atoms with van der Waals surface area (Å²) in [5.41, 5.74) is -1.85. The Kier molecular flexibility index (Phi) is 3.53. The number of hydrogen-bond donors (Lipinski definition) is 1. The zero-order chi connectivity index (χ0) is 17.8. The van der Waals surface area contributed by atoms with E-state index in [1.165, 1.54) is 16.8 Å². The number of nitrogens with zero attached hydrogens (tertiary/aromatic N) is 4. The van der Waals surface area contributed by atoms with Crippen LogP contribution in [0.4, 0.5) is 27.9 Å². The molecular weight excluding hydrogens is 345 g/mol. The minimum atomic E-state index is -5.01. The molecule has 5 nitrogen and oxygen atoms in total. The van der Waals surface area contributed by atoms with E-state index < -0.39 is 28.9 Å². The van der Waals surface area contributed by atoms with E-state index in [9.17, 15) is 22.0 Å². The van der Waals surface area contributed by atoms with Crippen LogP contribution in [-0.4, -0.2) is 40.8 Å². The number of alkyl halides is 3. The SMILES string of the molecule is Fc1c(C(F)(F)F)cc2c(nc(N3CCNCC3)n3nccc23)c1F. The molecule has 3 heterocycles. The standard InChI is InChI=1S/C15H12F5N5/c16-11-9(15(18,19)20)7-8-10-1-2-22-25(10)14(23-13(8)12(11)17)24-5-3-21-4-6-24/h1-2,7,21H,3-6H2. The Hall–Kier alpha value is -2.49. The number of halogens is 5. The monoisotopic (exact) mass is 357 g/mol. The molecule has 2 aromatic heterocycles. The lowest BCUT2D eigenvalue weighted by molar-refractivity contribution is -0.140. The molecule has 1 N–H and O–H groups in total. The molecule has 4 rings (SSSR count). The van der Waals surface area contributed by atoms with Crippen molar-refractivity contribution in [1.29, 1.82) is 0 Å². The van der Waals surface area contributed by atoms with E-state index in [4.69, 9.17) is 0 Å². The highest BCUT2D eigenvalue weighted by molar-refractivity contribution is 5.95. The second kappa shape index (κ2) is 5.51. The van der Waals surface area contributed by atoms with Gasteiger partial charge in [-0.25, -0.2) is 13.8 Å². The van der Waals surface area contributed by atoms with Crippen molar-refractivity contribution in [3.63, 3.8) is 0 Å². The molecule has 10 heteroatoms. The van der Waals surface area contributed by atoms with E-state index in [1.54, 1.807) is 0 Å². The molecule has 1 aliphatic heterocycles. The zero-order valence-electron chi connectivity index (χ0n) is 12.7. The maximum atomic E-state index is 14.4. The van der Waals surface area contributed by atoms with Gasteiger partial charge in [0.1, 0.15) is 5.52 Å². The van der Waals surface area contributed by atoms with Gasteiger partial charge in [-0.15, -0.1) is 0 Å². The summed E-state index contributed by atoms with van der Waals surface area (Å²) in [6.07, 6.45) is -3.62. The number of rotatable bonds is 1. The van der Waals surface area contributed by atoms with Crippen LogP contribution in [-0.2, 0) is 6.18 Å². The fraction of sp³-hybridized carbons (Fsp3) is 0.333. The van der Waals surface area contributed by atoms with Crippen molar-refractivity contribution in [2.24, 2.45) is 0 Å². The lowest BCUT2D eigenvalue weighted by Crippen LogP contribution is -2.44. The summed E-state index contributed by atoms with van der Waals surface area (Å²) in [6, 6.07) is 2.03. The number of aromatic nitrogens is 3. The number of anilines is 1. The Balaban J connectivity index is 2.04. The average molecular weight is 357 g/mol. The summed E-state index contributed by atoms with van der Waals surface area (Å²) < 4.78 is 68.6. The molecule has 0 aliphatic carbocycles. The molecule has 1 aromatic carbocycles. The lowest BCUT2D eigenvalue weighted by atomic mass is 10.1. The quantitative estimate of drug-likeness (QED) is 0.680. The lowest BCUT2D eigenvalue weighted by Gasteiger charge is -2.28. The Labute approximate surface area is 138 Å². The number of piperazine rings is 1. The smallest absolute Gasteiger partial charge is 0.338 e. The first-order valence-electron chi connectivity index (χ1n) is 7.56. The van der Waals surface area contributed by atoms with E-state index in [1.807, 2.05) is 4.90 Å². The Morgan fingerprint density at radius 1 is 1.08 bits per heavy atom. The van der Waals surface area contributed by atoms with E-state index >= 15 is 0 Å².